The maximum atomic E-state index is 6.41. The summed E-state index contributed by atoms with van der Waals surface area (Å²) in [6.45, 7) is 9.28. The zero-order valence-electron chi connectivity index (χ0n) is 13.1. The summed E-state index contributed by atoms with van der Waals surface area (Å²) >= 11 is 6.41. The highest BCUT2D eigenvalue weighted by atomic mass is 35.5. The number of halogens is 1. The first kappa shape index (κ1) is 16.0. The summed E-state index contributed by atoms with van der Waals surface area (Å²) in [6, 6.07) is 4.31. The second kappa shape index (κ2) is 7.05. The van der Waals surface area contributed by atoms with E-state index in [4.69, 9.17) is 11.6 Å². The molecule has 0 saturated carbocycles. The maximum Gasteiger partial charge on any atom is 0.0940 e. The fourth-order valence-corrected chi connectivity index (χ4v) is 2.81. The molecule has 2 heterocycles. The van der Waals surface area contributed by atoms with E-state index in [1.165, 1.54) is 5.56 Å². The topological polar surface area (TPSA) is 42.7 Å². The first-order valence-electron chi connectivity index (χ1n) is 7.50. The van der Waals surface area contributed by atoms with Crippen LogP contribution in [0, 0.1) is 0 Å². The Kier molecular flexibility index (Phi) is 5.37. The number of rotatable bonds is 6. The van der Waals surface area contributed by atoms with Gasteiger partial charge in [0.2, 0.25) is 0 Å². The van der Waals surface area contributed by atoms with Gasteiger partial charge in [-0.25, -0.2) is 0 Å². The van der Waals surface area contributed by atoms with Crippen molar-refractivity contribution in [1.29, 1.82) is 0 Å². The van der Waals surface area contributed by atoms with E-state index in [0.717, 1.165) is 24.4 Å². The van der Waals surface area contributed by atoms with Crippen LogP contribution < -0.4 is 5.32 Å². The molecule has 1 N–H and O–H groups in total. The second-order valence-corrected chi connectivity index (χ2v) is 5.72. The van der Waals surface area contributed by atoms with E-state index in [1.54, 1.807) is 6.20 Å². The minimum atomic E-state index is -0.0384. The van der Waals surface area contributed by atoms with Crippen molar-refractivity contribution in [2.45, 2.75) is 46.2 Å². The summed E-state index contributed by atoms with van der Waals surface area (Å²) in [7, 11) is 0. The van der Waals surface area contributed by atoms with Crippen LogP contribution in [0.4, 0.5) is 0 Å². The average molecular weight is 307 g/mol. The fraction of sp³-hybridized carbons (Fsp3) is 0.500. The van der Waals surface area contributed by atoms with Crippen LogP contribution in [0.2, 0.25) is 5.02 Å². The van der Waals surface area contributed by atoms with Crippen LogP contribution in [0.5, 0.6) is 0 Å². The Morgan fingerprint density at radius 1 is 1.33 bits per heavy atom. The number of hydrogen-bond donors (Lipinski definition) is 1. The fourth-order valence-electron chi connectivity index (χ4n) is 2.57. The molecule has 1 atom stereocenters. The van der Waals surface area contributed by atoms with E-state index < -0.39 is 0 Å². The monoisotopic (exact) mass is 306 g/mol. The van der Waals surface area contributed by atoms with Gasteiger partial charge in [0, 0.05) is 12.2 Å². The molecule has 0 bridgehead atoms. The maximum absolute atomic E-state index is 6.41. The standard InChI is InChI=1S/C16H23ClN4/c1-5-12-8-7-9-19-14(12)15(18-6-2)16-13(17)10-20-21(16)11(3)4/h7-11,15,18H,5-6H2,1-4H3. The summed E-state index contributed by atoms with van der Waals surface area (Å²) in [5.74, 6) is 0. The van der Waals surface area contributed by atoms with E-state index in [-0.39, 0.29) is 12.1 Å². The van der Waals surface area contributed by atoms with E-state index in [0.29, 0.717) is 5.02 Å². The smallest absolute Gasteiger partial charge is 0.0940 e. The Morgan fingerprint density at radius 3 is 2.71 bits per heavy atom. The Morgan fingerprint density at radius 2 is 2.10 bits per heavy atom. The minimum Gasteiger partial charge on any atom is -0.304 e. The molecule has 2 rings (SSSR count). The van der Waals surface area contributed by atoms with Gasteiger partial charge < -0.3 is 5.32 Å². The lowest BCUT2D eigenvalue weighted by molar-refractivity contribution is 0.471. The zero-order chi connectivity index (χ0) is 15.4. The quantitative estimate of drug-likeness (QED) is 0.883. The molecule has 1 unspecified atom stereocenters. The lowest BCUT2D eigenvalue weighted by Gasteiger charge is -2.23. The van der Waals surface area contributed by atoms with Crippen molar-refractivity contribution < 1.29 is 0 Å². The Balaban J connectivity index is 2.56. The molecule has 0 aliphatic heterocycles. The van der Waals surface area contributed by atoms with E-state index in [1.807, 2.05) is 16.9 Å². The number of pyridine rings is 1. The number of aromatic nitrogens is 3. The van der Waals surface area contributed by atoms with Crippen LogP contribution >= 0.6 is 11.6 Å². The lowest BCUT2D eigenvalue weighted by atomic mass is 10.0. The van der Waals surface area contributed by atoms with Gasteiger partial charge >= 0.3 is 0 Å². The highest BCUT2D eigenvalue weighted by Crippen LogP contribution is 2.30. The Bertz CT molecular complexity index is 592. The summed E-state index contributed by atoms with van der Waals surface area (Å²) in [5, 5.41) is 8.60. The molecule has 0 aliphatic rings. The molecule has 2 aromatic rings. The van der Waals surface area contributed by atoms with Crippen molar-refractivity contribution >= 4 is 11.6 Å². The van der Waals surface area contributed by atoms with Gasteiger partial charge in [-0.05, 0) is 38.4 Å². The largest absolute Gasteiger partial charge is 0.304 e. The molecule has 0 amide bonds. The van der Waals surface area contributed by atoms with Crippen molar-refractivity contribution in [2.24, 2.45) is 0 Å². The molecule has 0 aliphatic carbocycles. The molecule has 5 heteroatoms. The van der Waals surface area contributed by atoms with Gasteiger partial charge in [0.05, 0.1) is 28.6 Å². The summed E-state index contributed by atoms with van der Waals surface area (Å²) < 4.78 is 1.98. The molecular formula is C16H23ClN4. The molecule has 0 radical (unpaired) electrons. The lowest BCUT2D eigenvalue weighted by Crippen LogP contribution is -2.27. The molecule has 2 aromatic heterocycles. The second-order valence-electron chi connectivity index (χ2n) is 5.31. The van der Waals surface area contributed by atoms with Gasteiger partial charge in [0.25, 0.3) is 0 Å². The number of aryl methyl sites for hydroxylation is 1. The summed E-state index contributed by atoms with van der Waals surface area (Å²) in [5.41, 5.74) is 3.25. The molecular weight excluding hydrogens is 284 g/mol. The molecule has 114 valence electrons. The van der Waals surface area contributed by atoms with Crippen molar-refractivity contribution in [1.82, 2.24) is 20.1 Å². The Labute approximate surface area is 131 Å². The molecule has 4 nitrogen and oxygen atoms in total. The highest BCUT2D eigenvalue weighted by molar-refractivity contribution is 6.31. The predicted molar refractivity (Wildman–Crippen MR) is 86.8 cm³/mol. The summed E-state index contributed by atoms with van der Waals surface area (Å²) in [4.78, 5) is 4.60. The number of hydrogen-bond acceptors (Lipinski definition) is 3. The molecule has 0 saturated heterocycles. The van der Waals surface area contributed by atoms with Crippen LogP contribution in [0.15, 0.2) is 24.5 Å². The van der Waals surface area contributed by atoms with Gasteiger partial charge in [-0.3, -0.25) is 9.67 Å². The minimum absolute atomic E-state index is 0.0384. The molecule has 21 heavy (non-hydrogen) atoms. The van der Waals surface area contributed by atoms with E-state index >= 15 is 0 Å². The van der Waals surface area contributed by atoms with Gasteiger partial charge in [0.1, 0.15) is 0 Å². The van der Waals surface area contributed by atoms with Gasteiger partial charge in [0.15, 0.2) is 0 Å². The number of nitrogens with one attached hydrogen (secondary N) is 1. The van der Waals surface area contributed by atoms with Crippen molar-refractivity contribution in [3.63, 3.8) is 0 Å². The van der Waals surface area contributed by atoms with Gasteiger partial charge in [-0.2, -0.15) is 5.10 Å². The molecule has 0 spiro atoms. The first-order valence-corrected chi connectivity index (χ1v) is 7.87. The number of nitrogens with zero attached hydrogens (tertiary/aromatic N) is 3. The van der Waals surface area contributed by atoms with Crippen molar-refractivity contribution in [3.8, 4) is 0 Å². The van der Waals surface area contributed by atoms with Crippen LogP contribution in [-0.2, 0) is 6.42 Å². The third kappa shape index (κ3) is 3.27. The van der Waals surface area contributed by atoms with E-state index in [9.17, 15) is 0 Å². The normalized spacial score (nSPS) is 12.9. The third-order valence-corrected chi connectivity index (χ3v) is 3.83. The average Bonchev–Trinajstić information content (AvgIpc) is 2.86. The van der Waals surface area contributed by atoms with Crippen molar-refractivity contribution in [3.05, 3.63) is 46.5 Å². The van der Waals surface area contributed by atoms with Crippen molar-refractivity contribution in [2.75, 3.05) is 6.54 Å². The SMILES string of the molecule is CCNC(c1ncccc1CC)c1c(Cl)cnn1C(C)C. The molecule has 0 fully saturated rings. The third-order valence-electron chi connectivity index (χ3n) is 3.54. The predicted octanol–water partition coefficient (Wildman–Crippen LogP) is 3.77. The van der Waals surface area contributed by atoms with Gasteiger partial charge in [-0.1, -0.05) is 31.5 Å². The Hall–Kier alpha value is -1.39. The van der Waals surface area contributed by atoms with Crippen LogP contribution in [0.3, 0.4) is 0 Å². The van der Waals surface area contributed by atoms with Crippen LogP contribution in [0.1, 0.15) is 56.7 Å². The summed E-state index contributed by atoms with van der Waals surface area (Å²) in [6.07, 6.45) is 4.50. The zero-order valence-corrected chi connectivity index (χ0v) is 13.9. The highest BCUT2D eigenvalue weighted by Gasteiger charge is 2.25. The van der Waals surface area contributed by atoms with Crippen LogP contribution in [-0.4, -0.2) is 21.3 Å². The van der Waals surface area contributed by atoms with Gasteiger partial charge in [-0.15, -0.1) is 0 Å². The van der Waals surface area contributed by atoms with Crippen LogP contribution in [0.25, 0.3) is 0 Å². The molecule has 0 aromatic carbocycles. The van der Waals surface area contributed by atoms with E-state index in [2.05, 4.69) is 49.2 Å². The first-order chi connectivity index (χ1) is 10.1.